The van der Waals surface area contributed by atoms with Gasteiger partial charge in [0.15, 0.2) is 6.20 Å². The van der Waals surface area contributed by atoms with E-state index in [4.69, 9.17) is 0 Å². The Bertz CT molecular complexity index is 713. The number of nitrogens with zero attached hydrogens (tertiary/aromatic N) is 2. The molecular formula is C20H24N2O2. The van der Waals surface area contributed by atoms with Crippen molar-refractivity contribution in [3.8, 4) is 0 Å². The highest BCUT2D eigenvalue weighted by Gasteiger charge is 2.41. The molecule has 1 saturated carbocycles. The molecule has 1 amide bonds. The van der Waals surface area contributed by atoms with Gasteiger partial charge in [-0.25, -0.2) is 0 Å². The predicted molar refractivity (Wildman–Crippen MR) is 93.1 cm³/mol. The smallest absolute Gasteiger partial charge is 0.320 e. The maximum Gasteiger partial charge on any atom is 0.320 e. The zero-order valence-electron chi connectivity index (χ0n) is 14.3. The molecule has 1 aliphatic carbocycles. The van der Waals surface area contributed by atoms with Crippen LogP contribution in [0.2, 0.25) is 0 Å². The third-order valence-corrected chi connectivity index (χ3v) is 5.08. The molecule has 4 nitrogen and oxygen atoms in total. The lowest BCUT2D eigenvalue weighted by Gasteiger charge is -2.37. The Balaban J connectivity index is 1.95. The summed E-state index contributed by atoms with van der Waals surface area (Å²) in [5, 5.41) is 12.1. The molecule has 1 unspecified atom stereocenters. The van der Waals surface area contributed by atoms with Crippen molar-refractivity contribution >= 4 is 5.91 Å². The first-order chi connectivity index (χ1) is 11.5. The second-order valence-corrected chi connectivity index (χ2v) is 7.23. The summed E-state index contributed by atoms with van der Waals surface area (Å²) in [6, 6.07) is 15.1. The Labute approximate surface area is 143 Å². The number of carbonyl (C=O) groups is 1. The van der Waals surface area contributed by atoms with Crippen molar-refractivity contribution in [3.63, 3.8) is 0 Å². The Morgan fingerprint density at radius 1 is 1.21 bits per heavy atom. The number of carbonyl (C=O) groups excluding carboxylic acids is 1. The predicted octanol–water partition coefficient (Wildman–Crippen LogP) is 3.54. The first-order valence-corrected chi connectivity index (χ1v) is 8.52. The van der Waals surface area contributed by atoms with Gasteiger partial charge in [0, 0.05) is 24.7 Å². The molecule has 0 saturated heterocycles. The van der Waals surface area contributed by atoms with Crippen molar-refractivity contribution in [2.24, 2.45) is 5.41 Å². The molecule has 0 N–H and O–H groups in total. The number of aromatic nitrogens is 1. The van der Waals surface area contributed by atoms with Crippen LogP contribution in [0.15, 0.2) is 54.7 Å². The molecule has 1 aromatic carbocycles. The Hall–Kier alpha value is -2.36. The van der Waals surface area contributed by atoms with E-state index in [0.717, 1.165) is 24.8 Å². The van der Waals surface area contributed by atoms with E-state index in [1.165, 1.54) is 6.20 Å². The highest BCUT2D eigenvalue weighted by atomic mass is 16.5. The highest BCUT2D eigenvalue weighted by Crippen LogP contribution is 2.41. The molecule has 2 aromatic rings. The summed E-state index contributed by atoms with van der Waals surface area (Å²) in [7, 11) is 0. The monoisotopic (exact) mass is 324 g/mol. The molecule has 3 rings (SSSR count). The van der Waals surface area contributed by atoms with Gasteiger partial charge in [0.1, 0.15) is 0 Å². The lowest BCUT2D eigenvalue weighted by molar-refractivity contribution is -0.608. The standard InChI is InChI=1S/C20H24N2O2/c1-20(2)13-8-12-18(20)21(15-16-9-4-3-5-10-16)19(23)17-11-6-7-14-22(17)24/h3-7,9-11,14,18H,8,12-13,15H2,1-2H3. The first-order valence-electron chi connectivity index (χ1n) is 8.52. The van der Waals surface area contributed by atoms with Crippen LogP contribution in [0, 0.1) is 10.6 Å². The summed E-state index contributed by atoms with van der Waals surface area (Å²) in [6.07, 6.45) is 4.58. The van der Waals surface area contributed by atoms with Crippen LogP contribution in [-0.4, -0.2) is 16.8 Å². The summed E-state index contributed by atoms with van der Waals surface area (Å²) in [5.41, 5.74) is 1.34. The number of hydrogen-bond acceptors (Lipinski definition) is 2. The van der Waals surface area contributed by atoms with Crippen LogP contribution in [0.1, 0.15) is 49.2 Å². The van der Waals surface area contributed by atoms with Gasteiger partial charge in [-0.05, 0) is 29.9 Å². The minimum absolute atomic E-state index is 0.0624. The minimum Gasteiger partial charge on any atom is -0.618 e. The SMILES string of the molecule is CC1(C)CCCC1N(Cc1ccccc1)C(=O)c1cccc[n+]1[O-]. The maximum atomic E-state index is 13.1. The summed E-state index contributed by atoms with van der Waals surface area (Å²) < 4.78 is 0.669. The Morgan fingerprint density at radius 2 is 1.92 bits per heavy atom. The molecule has 0 bridgehead atoms. The van der Waals surface area contributed by atoms with Crippen LogP contribution in [0.5, 0.6) is 0 Å². The maximum absolute atomic E-state index is 13.1. The zero-order valence-corrected chi connectivity index (χ0v) is 14.3. The van der Waals surface area contributed by atoms with E-state index in [0.29, 0.717) is 11.3 Å². The van der Waals surface area contributed by atoms with E-state index >= 15 is 0 Å². The Morgan fingerprint density at radius 3 is 2.54 bits per heavy atom. The van der Waals surface area contributed by atoms with E-state index in [9.17, 15) is 10.0 Å². The number of hydrogen-bond donors (Lipinski definition) is 0. The van der Waals surface area contributed by atoms with Crippen LogP contribution < -0.4 is 4.73 Å². The van der Waals surface area contributed by atoms with Gasteiger partial charge < -0.3 is 10.1 Å². The van der Waals surface area contributed by atoms with Crippen LogP contribution in [0.3, 0.4) is 0 Å². The van der Waals surface area contributed by atoms with E-state index < -0.39 is 0 Å². The second kappa shape index (κ2) is 6.63. The largest absolute Gasteiger partial charge is 0.618 e. The molecule has 126 valence electrons. The average Bonchev–Trinajstić information content (AvgIpc) is 2.92. The number of rotatable bonds is 4. The van der Waals surface area contributed by atoms with Crippen molar-refractivity contribution in [3.05, 3.63) is 71.2 Å². The van der Waals surface area contributed by atoms with Gasteiger partial charge in [-0.15, -0.1) is 0 Å². The molecule has 0 radical (unpaired) electrons. The lowest BCUT2D eigenvalue weighted by atomic mass is 9.86. The molecule has 0 spiro atoms. The topological polar surface area (TPSA) is 47.2 Å². The summed E-state index contributed by atoms with van der Waals surface area (Å²) in [5.74, 6) is -0.186. The normalized spacial score (nSPS) is 19.2. The first kappa shape index (κ1) is 16.5. The fourth-order valence-corrected chi connectivity index (χ4v) is 3.73. The van der Waals surface area contributed by atoms with Gasteiger partial charge in [-0.2, -0.15) is 4.73 Å². The van der Waals surface area contributed by atoms with E-state index in [-0.39, 0.29) is 23.1 Å². The number of benzene rings is 1. The highest BCUT2D eigenvalue weighted by molar-refractivity contribution is 5.91. The van der Waals surface area contributed by atoms with Gasteiger partial charge in [0.05, 0.1) is 0 Å². The molecule has 1 fully saturated rings. The minimum atomic E-state index is -0.186. The van der Waals surface area contributed by atoms with Crippen molar-refractivity contribution in [2.45, 2.75) is 45.7 Å². The third kappa shape index (κ3) is 3.28. The van der Waals surface area contributed by atoms with Crippen LogP contribution >= 0.6 is 0 Å². The number of pyridine rings is 1. The molecule has 4 heteroatoms. The van der Waals surface area contributed by atoms with Gasteiger partial charge in [-0.3, -0.25) is 4.79 Å². The van der Waals surface area contributed by atoms with Gasteiger partial charge in [0.25, 0.3) is 5.69 Å². The van der Waals surface area contributed by atoms with Crippen LogP contribution in [0.4, 0.5) is 0 Å². The van der Waals surface area contributed by atoms with E-state index in [1.807, 2.05) is 35.2 Å². The zero-order chi connectivity index (χ0) is 17.2. The van der Waals surface area contributed by atoms with Crippen molar-refractivity contribution in [2.75, 3.05) is 0 Å². The molecule has 1 atom stereocenters. The summed E-state index contributed by atoms with van der Waals surface area (Å²) in [6.45, 7) is 4.96. The third-order valence-electron chi connectivity index (χ3n) is 5.08. The Kier molecular flexibility index (Phi) is 4.56. The molecule has 1 aromatic heterocycles. The molecule has 1 heterocycles. The molecule has 0 aliphatic heterocycles. The van der Waals surface area contributed by atoms with Crippen LogP contribution in [0.25, 0.3) is 0 Å². The summed E-state index contributed by atoms with van der Waals surface area (Å²) in [4.78, 5) is 15.0. The van der Waals surface area contributed by atoms with Gasteiger partial charge in [0.2, 0.25) is 0 Å². The second-order valence-electron chi connectivity index (χ2n) is 7.23. The molecule has 24 heavy (non-hydrogen) atoms. The van der Waals surface area contributed by atoms with Gasteiger partial charge >= 0.3 is 5.91 Å². The molecular weight excluding hydrogens is 300 g/mol. The fraction of sp³-hybridized carbons (Fsp3) is 0.400. The fourth-order valence-electron chi connectivity index (χ4n) is 3.73. The average molecular weight is 324 g/mol. The quantitative estimate of drug-likeness (QED) is 0.638. The van der Waals surface area contributed by atoms with Crippen molar-refractivity contribution < 1.29 is 9.52 Å². The van der Waals surface area contributed by atoms with Crippen molar-refractivity contribution in [1.29, 1.82) is 0 Å². The number of amides is 1. The van der Waals surface area contributed by atoms with Gasteiger partial charge in [-0.1, -0.05) is 50.6 Å². The molecule has 1 aliphatic rings. The van der Waals surface area contributed by atoms with E-state index in [2.05, 4.69) is 13.8 Å². The summed E-state index contributed by atoms with van der Waals surface area (Å²) >= 11 is 0. The lowest BCUT2D eigenvalue weighted by Crippen LogP contribution is -2.48. The van der Waals surface area contributed by atoms with E-state index in [1.54, 1.807) is 18.2 Å². The van der Waals surface area contributed by atoms with Crippen LogP contribution in [-0.2, 0) is 6.54 Å². The van der Waals surface area contributed by atoms with Crippen molar-refractivity contribution in [1.82, 2.24) is 4.90 Å².